The fourth-order valence-electron chi connectivity index (χ4n) is 5.14. The quantitative estimate of drug-likeness (QED) is 0.375. The van der Waals surface area contributed by atoms with Crippen molar-refractivity contribution in [3.8, 4) is 0 Å². The number of benzene rings is 2. The Morgan fingerprint density at radius 1 is 1.13 bits per heavy atom. The van der Waals surface area contributed by atoms with E-state index in [0.717, 1.165) is 11.1 Å². The molecule has 1 aliphatic heterocycles. The zero-order chi connectivity index (χ0) is 28.5. The second-order valence-electron chi connectivity index (χ2n) is 11.2. The van der Waals surface area contributed by atoms with Crippen molar-refractivity contribution >= 4 is 45.1 Å². The molecule has 1 aliphatic rings. The molecule has 0 bridgehead atoms. The van der Waals surface area contributed by atoms with Gasteiger partial charge in [-0.3, -0.25) is 9.59 Å². The Bertz CT molecular complexity index is 1280. The summed E-state index contributed by atoms with van der Waals surface area (Å²) in [7, 11) is -3.68. The van der Waals surface area contributed by atoms with Gasteiger partial charge in [0.1, 0.15) is 0 Å². The van der Waals surface area contributed by atoms with Crippen molar-refractivity contribution in [3.63, 3.8) is 0 Å². The maximum absolute atomic E-state index is 14.2. The molecule has 2 N–H and O–H groups in total. The van der Waals surface area contributed by atoms with Crippen LogP contribution in [0.2, 0.25) is 10.0 Å². The van der Waals surface area contributed by atoms with Crippen molar-refractivity contribution in [1.29, 1.82) is 0 Å². The number of hydrogen-bond acceptors (Lipinski definition) is 4. The summed E-state index contributed by atoms with van der Waals surface area (Å²) >= 11 is 12.5. The lowest BCUT2D eigenvalue weighted by molar-refractivity contribution is -0.160. The first-order chi connectivity index (χ1) is 17.6. The van der Waals surface area contributed by atoms with Crippen LogP contribution in [-0.4, -0.2) is 47.6 Å². The molecular weight excluding hydrogens is 547 g/mol. The first kappa shape index (κ1) is 30.4. The molecule has 0 radical (unpaired) electrons. The highest BCUT2D eigenvalue weighted by atomic mass is 35.5. The van der Waals surface area contributed by atoms with Gasteiger partial charge in [0.25, 0.3) is 0 Å². The molecule has 10 heteroatoms. The zero-order valence-electron chi connectivity index (χ0n) is 22.4. The molecule has 0 aliphatic carbocycles. The van der Waals surface area contributed by atoms with Gasteiger partial charge < -0.3 is 10.0 Å². The fraction of sp³-hybridized carbons (Fsp3) is 0.500. The van der Waals surface area contributed by atoms with E-state index in [-0.39, 0.29) is 31.2 Å². The Morgan fingerprint density at radius 3 is 2.29 bits per heavy atom. The average molecular weight is 584 g/mol. The minimum Gasteiger partial charge on any atom is -0.481 e. The molecular formula is C28H36Cl2N2O5S. The van der Waals surface area contributed by atoms with Crippen LogP contribution in [0.4, 0.5) is 0 Å². The van der Waals surface area contributed by atoms with Gasteiger partial charge in [0.2, 0.25) is 15.9 Å². The van der Waals surface area contributed by atoms with Crippen LogP contribution in [0.5, 0.6) is 0 Å². The summed E-state index contributed by atoms with van der Waals surface area (Å²) in [5.74, 6) is -1.69. The lowest BCUT2D eigenvalue weighted by Crippen LogP contribution is -2.58. The van der Waals surface area contributed by atoms with E-state index in [1.807, 2.05) is 37.3 Å². The summed E-state index contributed by atoms with van der Waals surface area (Å²) in [6.45, 7) is 8.39. The molecule has 3 rings (SSSR count). The van der Waals surface area contributed by atoms with Crippen molar-refractivity contribution < 1.29 is 23.1 Å². The average Bonchev–Trinajstić information content (AvgIpc) is 2.81. The summed E-state index contributed by atoms with van der Waals surface area (Å²) in [5.41, 5.74) is 0.483. The predicted octanol–water partition coefficient (Wildman–Crippen LogP) is 6.03. The SMILES string of the molecule is CC[C@@H](CNS(=O)(=O)C(C)(C)C)N1C(=O)[C@@](C)(CC(=O)O)CC(c2cccc(Cl)c2)[C@H]1c1ccc(Cl)cc1. The minimum absolute atomic E-state index is 0.00263. The number of carboxylic acid groups (broad SMARTS) is 1. The third kappa shape index (κ3) is 6.53. The third-order valence-corrected chi connectivity index (χ3v) is 9.96. The Balaban J connectivity index is 2.20. The molecule has 2 aromatic rings. The largest absolute Gasteiger partial charge is 0.481 e. The molecule has 1 amide bonds. The van der Waals surface area contributed by atoms with Gasteiger partial charge in [-0.15, -0.1) is 0 Å². The van der Waals surface area contributed by atoms with E-state index in [4.69, 9.17) is 23.2 Å². The number of carbonyl (C=O) groups excluding carboxylic acids is 1. The minimum atomic E-state index is -3.68. The first-order valence-corrected chi connectivity index (χ1v) is 14.9. The molecule has 38 heavy (non-hydrogen) atoms. The normalized spacial score (nSPS) is 23.3. The number of halogens is 2. The molecule has 1 fully saturated rings. The lowest BCUT2D eigenvalue weighted by atomic mass is 9.67. The highest BCUT2D eigenvalue weighted by Crippen LogP contribution is 2.52. The van der Waals surface area contributed by atoms with E-state index in [9.17, 15) is 23.1 Å². The van der Waals surface area contributed by atoms with Gasteiger partial charge in [-0.25, -0.2) is 13.1 Å². The molecule has 7 nitrogen and oxygen atoms in total. The molecule has 1 heterocycles. The molecule has 0 saturated carbocycles. The van der Waals surface area contributed by atoms with Crippen LogP contribution in [0.3, 0.4) is 0 Å². The van der Waals surface area contributed by atoms with Crippen LogP contribution in [0.1, 0.15) is 77.0 Å². The Kier molecular flexibility index (Phi) is 9.24. The third-order valence-electron chi connectivity index (χ3n) is 7.31. The Hall–Kier alpha value is -2.13. The van der Waals surface area contributed by atoms with Crippen LogP contribution < -0.4 is 4.72 Å². The van der Waals surface area contributed by atoms with E-state index in [2.05, 4.69) is 4.72 Å². The maximum atomic E-state index is 14.2. The number of sulfonamides is 1. The van der Waals surface area contributed by atoms with E-state index < -0.39 is 38.2 Å². The topological polar surface area (TPSA) is 104 Å². The number of rotatable bonds is 9. The van der Waals surface area contributed by atoms with Crippen molar-refractivity contribution in [3.05, 3.63) is 69.7 Å². The van der Waals surface area contributed by atoms with Gasteiger partial charge in [0, 0.05) is 28.5 Å². The number of hydrogen-bond donors (Lipinski definition) is 2. The van der Waals surface area contributed by atoms with Crippen molar-refractivity contribution in [2.45, 2.75) is 76.6 Å². The Labute approximate surface area is 235 Å². The van der Waals surface area contributed by atoms with Crippen LogP contribution in [-0.2, 0) is 19.6 Å². The van der Waals surface area contributed by atoms with E-state index >= 15 is 0 Å². The lowest BCUT2D eigenvalue weighted by Gasteiger charge is -2.52. The van der Waals surface area contributed by atoms with Gasteiger partial charge in [-0.2, -0.15) is 0 Å². The van der Waals surface area contributed by atoms with Crippen LogP contribution in [0.15, 0.2) is 48.5 Å². The maximum Gasteiger partial charge on any atom is 0.304 e. The Morgan fingerprint density at radius 2 is 1.76 bits per heavy atom. The second-order valence-corrected chi connectivity index (χ2v) is 14.6. The summed E-state index contributed by atoms with van der Waals surface area (Å²) in [4.78, 5) is 27.9. The number of nitrogens with one attached hydrogen (secondary N) is 1. The van der Waals surface area contributed by atoms with Gasteiger partial charge in [-0.05, 0) is 69.0 Å². The molecule has 0 spiro atoms. The molecule has 2 aromatic carbocycles. The molecule has 4 atom stereocenters. The molecule has 1 unspecified atom stereocenters. The number of nitrogens with zero attached hydrogens (tertiary/aromatic N) is 1. The van der Waals surface area contributed by atoms with E-state index in [0.29, 0.717) is 16.5 Å². The standard InChI is InChI=1S/C28H36Cl2N2O5S/c1-6-22(17-31-38(36,37)27(2,3)4)32-25(18-10-12-20(29)13-11-18)23(19-8-7-9-21(30)14-19)15-28(5,26(32)35)16-24(33)34/h7-14,22-23,25,31H,6,15-17H2,1-5H3,(H,33,34)/t22-,23?,25+,28+/m0/s1. The first-order valence-electron chi connectivity index (χ1n) is 12.6. The van der Waals surface area contributed by atoms with Crippen molar-refractivity contribution in [2.24, 2.45) is 5.41 Å². The molecule has 1 saturated heterocycles. The smallest absolute Gasteiger partial charge is 0.304 e. The van der Waals surface area contributed by atoms with Gasteiger partial charge in [0.05, 0.1) is 22.6 Å². The number of aliphatic carboxylic acids is 1. The highest BCUT2D eigenvalue weighted by molar-refractivity contribution is 7.90. The number of piperidine rings is 1. The van der Waals surface area contributed by atoms with Gasteiger partial charge >= 0.3 is 5.97 Å². The highest BCUT2D eigenvalue weighted by Gasteiger charge is 2.52. The van der Waals surface area contributed by atoms with Crippen LogP contribution in [0.25, 0.3) is 0 Å². The van der Waals surface area contributed by atoms with Gasteiger partial charge in [0.15, 0.2) is 0 Å². The zero-order valence-corrected chi connectivity index (χ0v) is 24.7. The summed E-state index contributed by atoms with van der Waals surface area (Å²) in [5, 5.41) is 10.8. The van der Waals surface area contributed by atoms with Gasteiger partial charge in [-0.1, -0.05) is 61.3 Å². The number of amides is 1. The number of carboxylic acids is 1. The summed E-state index contributed by atoms with van der Waals surface area (Å²) in [6, 6.07) is 13.6. The van der Waals surface area contributed by atoms with Crippen molar-refractivity contribution in [2.75, 3.05) is 6.54 Å². The second kappa shape index (κ2) is 11.5. The van der Waals surface area contributed by atoms with Crippen molar-refractivity contribution in [1.82, 2.24) is 9.62 Å². The van der Waals surface area contributed by atoms with Crippen LogP contribution >= 0.6 is 23.2 Å². The molecule has 208 valence electrons. The number of likely N-dealkylation sites (tertiary alicyclic amines) is 1. The van der Waals surface area contributed by atoms with E-state index in [1.54, 1.807) is 50.8 Å². The summed E-state index contributed by atoms with van der Waals surface area (Å²) in [6.07, 6.45) is 0.386. The number of carbonyl (C=O) groups is 2. The predicted molar refractivity (Wildman–Crippen MR) is 151 cm³/mol. The van der Waals surface area contributed by atoms with E-state index in [1.165, 1.54) is 0 Å². The monoisotopic (exact) mass is 582 g/mol. The van der Waals surface area contributed by atoms with Crippen LogP contribution in [0, 0.1) is 5.41 Å². The summed E-state index contributed by atoms with van der Waals surface area (Å²) < 4.78 is 27.5. The molecule has 0 aromatic heterocycles. The fourth-order valence-corrected chi connectivity index (χ4v) is 6.31.